The Morgan fingerprint density at radius 2 is 1.72 bits per heavy atom. The van der Waals surface area contributed by atoms with Crippen molar-refractivity contribution in [1.82, 2.24) is 10.9 Å². The monoisotopic (exact) mass is 445 g/mol. The lowest BCUT2D eigenvalue weighted by molar-refractivity contribution is -0.121. The highest BCUT2D eigenvalue weighted by molar-refractivity contribution is 9.10. The van der Waals surface area contributed by atoms with Crippen LogP contribution in [0.15, 0.2) is 63.6 Å². The van der Waals surface area contributed by atoms with E-state index in [1.54, 1.807) is 36.4 Å². The van der Waals surface area contributed by atoms with Gasteiger partial charge in [-0.25, -0.2) is 4.99 Å². The van der Waals surface area contributed by atoms with E-state index >= 15 is 0 Å². The Balaban J connectivity index is 1.58. The van der Waals surface area contributed by atoms with Crippen molar-refractivity contribution in [1.29, 1.82) is 10.5 Å². The number of amides is 1. The number of rotatable bonds is 2. The molecule has 0 saturated carbocycles. The third-order valence-corrected chi connectivity index (χ3v) is 5.31. The molecule has 29 heavy (non-hydrogen) atoms. The van der Waals surface area contributed by atoms with Gasteiger partial charge in [0.1, 0.15) is 0 Å². The molecular formula is C21H12BrN5O2. The van der Waals surface area contributed by atoms with Crippen LogP contribution in [0.4, 0.5) is 0 Å². The van der Waals surface area contributed by atoms with Crippen LogP contribution in [-0.4, -0.2) is 17.5 Å². The number of carbonyl (C=O) groups is 2. The predicted octanol–water partition coefficient (Wildman–Crippen LogP) is 2.67. The van der Waals surface area contributed by atoms with Crippen molar-refractivity contribution in [3.05, 3.63) is 75.3 Å². The molecule has 2 N–H and O–H groups in total. The quantitative estimate of drug-likeness (QED) is 0.688. The molecular weight excluding hydrogens is 434 g/mol. The first-order valence-corrected chi connectivity index (χ1v) is 9.39. The minimum Gasteiger partial charge on any atom is -0.289 e. The lowest BCUT2D eigenvalue weighted by Gasteiger charge is -2.19. The molecule has 0 radical (unpaired) electrons. The second-order valence-corrected chi connectivity index (χ2v) is 7.42. The smallest absolute Gasteiger partial charge is 0.242 e. The SMILES string of the molecule is N#CC1(C#N)C(NNC(=O)Cc2ccc(Br)cc2)=NC2=C1C(=O)c1ccccc12. The largest absolute Gasteiger partial charge is 0.289 e. The Morgan fingerprint density at radius 1 is 1.07 bits per heavy atom. The van der Waals surface area contributed by atoms with E-state index in [0.29, 0.717) is 16.8 Å². The predicted molar refractivity (Wildman–Crippen MR) is 108 cm³/mol. The molecule has 7 nitrogen and oxygen atoms in total. The van der Waals surface area contributed by atoms with Crippen molar-refractivity contribution in [3.63, 3.8) is 0 Å². The zero-order valence-corrected chi connectivity index (χ0v) is 16.4. The number of nitriles is 2. The van der Waals surface area contributed by atoms with Gasteiger partial charge < -0.3 is 0 Å². The molecule has 0 atom stereocenters. The molecule has 0 saturated heterocycles. The van der Waals surface area contributed by atoms with Crippen LogP contribution in [-0.2, 0) is 11.2 Å². The van der Waals surface area contributed by atoms with Crippen LogP contribution in [0.1, 0.15) is 21.5 Å². The summed E-state index contributed by atoms with van der Waals surface area (Å²) in [5, 5.41) is 19.5. The van der Waals surface area contributed by atoms with Gasteiger partial charge >= 0.3 is 0 Å². The molecule has 0 aromatic heterocycles. The van der Waals surface area contributed by atoms with E-state index in [2.05, 4.69) is 31.8 Å². The molecule has 1 amide bonds. The topological polar surface area (TPSA) is 118 Å². The van der Waals surface area contributed by atoms with Gasteiger partial charge in [-0.1, -0.05) is 52.3 Å². The van der Waals surface area contributed by atoms with E-state index in [1.165, 1.54) is 0 Å². The molecule has 4 rings (SSSR count). The summed E-state index contributed by atoms with van der Waals surface area (Å²) in [4.78, 5) is 29.4. The summed E-state index contributed by atoms with van der Waals surface area (Å²) in [5.74, 6) is -0.862. The summed E-state index contributed by atoms with van der Waals surface area (Å²) in [7, 11) is 0. The lowest BCUT2D eigenvalue weighted by Crippen LogP contribution is -2.49. The molecule has 2 aliphatic rings. The Labute approximate surface area is 174 Å². The second kappa shape index (κ2) is 7.01. The number of carbonyl (C=O) groups excluding carboxylic acids is 2. The van der Waals surface area contributed by atoms with Gasteiger partial charge in [-0.05, 0) is 17.7 Å². The van der Waals surface area contributed by atoms with Crippen molar-refractivity contribution in [2.24, 2.45) is 10.4 Å². The number of nitrogens with one attached hydrogen (secondary N) is 2. The third-order valence-electron chi connectivity index (χ3n) is 4.78. The van der Waals surface area contributed by atoms with Gasteiger partial charge in [-0.15, -0.1) is 0 Å². The summed E-state index contributed by atoms with van der Waals surface area (Å²) in [6.07, 6.45) is 0.0918. The zero-order valence-electron chi connectivity index (χ0n) is 14.9. The fraction of sp³-hybridized carbons (Fsp3) is 0.0952. The highest BCUT2D eigenvalue weighted by Gasteiger charge is 2.54. The number of Topliss-reactive ketones (excluding diaryl/α,β-unsaturated/α-hetero) is 1. The molecule has 1 aliphatic carbocycles. The van der Waals surface area contributed by atoms with Crippen molar-refractivity contribution in [2.45, 2.75) is 6.42 Å². The molecule has 0 unspecified atom stereocenters. The summed E-state index contributed by atoms with van der Waals surface area (Å²) in [6.45, 7) is 0. The van der Waals surface area contributed by atoms with Gasteiger partial charge in [0.25, 0.3) is 0 Å². The molecule has 140 valence electrons. The van der Waals surface area contributed by atoms with Gasteiger partial charge in [0.2, 0.25) is 11.3 Å². The van der Waals surface area contributed by atoms with E-state index in [-0.39, 0.29) is 23.7 Å². The summed E-state index contributed by atoms with van der Waals surface area (Å²) in [5.41, 5.74) is 5.23. The standard InChI is InChI=1S/C21H12BrN5O2/c22-13-7-5-12(6-8-13)9-16(28)26-27-20-21(10-23,11-24)17-18(25-20)14-3-1-2-4-15(14)19(17)29/h1-8H,9H2,(H,25,27)(H,26,28). The van der Waals surface area contributed by atoms with Crippen LogP contribution >= 0.6 is 15.9 Å². The van der Waals surface area contributed by atoms with Crippen molar-refractivity contribution in [2.75, 3.05) is 0 Å². The summed E-state index contributed by atoms with van der Waals surface area (Å²) >= 11 is 3.33. The Kier molecular flexibility index (Phi) is 4.50. The number of hydrogen-bond acceptors (Lipinski definition) is 6. The minimum atomic E-state index is -1.91. The van der Waals surface area contributed by atoms with Crippen molar-refractivity contribution < 1.29 is 9.59 Å². The van der Waals surface area contributed by atoms with Gasteiger partial charge in [0.15, 0.2) is 11.6 Å². The highest BCUT2D eigenvalue weighted by Crippen LogP contribution is 2.47. The van der Waals surface area contributed by atoms with Crippen LogP contribution in [0, 0.1) is 28.1 Å². The number of halogens is 1. The first-order chi connectivity index (χ1) is 14.0. The number of hydrogen-bond donors (Lipinski definition) is 2. The molecule has 2 aromatic carbocycles. The Morgan fingerprint density at radius 3 is 2.38 bits per heavy atom. The molecule has 1 heterocycles. The van der Waals surface area contributed by atoms with Crippen LogP contribution in [0.3, 0.4) is 0 Å². The molecule has 2 aromatic rings. The van der Waals surface area contributed by atoms with Crippen molar-refractivity contribution in [3.8, 4) is 12.1 Å². The molecule has 1 aliphatic heterocycles. The first kappa shape index (κ1) is 18.6. The van der Waals surface area contributed by atoms with Gasteiger partial charge in [-0.2, -0.15) is 10.5 Å². The summed E-state index contributed by atoms with van der Waals surface area (Å²) in [6, 6.07) is 17.9. The number of benzene rings is 2. The summed E-state index contributed by atoms with van der Waals surface area (Å²) < 4.78 is 0.901. The van der Waals surface area contributed by atoms with Crippen molar-refractivity contribution >= 4 is 39.2 Å². The molecule has 0 spiro atoms. The Bertz CT molecular complexity index is 1180. The minimum absolute atomic E-state index is 0.0216. The number of hydrazine groups is 1. The normalized spacial score (nSPS) is 15.7. The Hall–Kier alpha value is -3.75. The maximum absolute atomic E-state index is 12.8. The van der Waals surface area contributed by atoms with Crippen LogP contribution < -0.4 is 10.9 Å². The van der Waals surface area contributed by atoms with E-state index in [4.69, 9.17) is 0 Å². The average Bonchev–Trinajstić information content (AvgIpc) is 3.21. The van der Waals surface area contributed by atoms with E-state index in [1.807, 2.05) is 24.3 Å². The van der Waals surface area contributed by atoms with Gasteiger partial charge in [-0.3, -0.25) is 20.4 Å². The first-order valence-electron chi connectivity index (χ1n) is 8.60. The van der Waals surface area contributed by atoms with E-state index in [0.717, 1.165) is 10.0 Å². The van der Waals surface area contributed by atoms with Gasteiger partial charge in [0.05, 0.1) is 29.8 Å². The fourth-order valence-corrected chi connectivity index (χ4v) is 3.63. The highest BCUT2D eigenvalue weighted by atomic mass is 79.9. The molecule has 0 fully saturated rings. The number of nitrogens with zero attached hydrogens (tertiary/aromatic N) is 3. The number of aliphatic imine (C=N–C) groups is 1. The maximum Gasteiger partial charge on any atom is 0.242 e. The average molecular weight is 446 g/mol. The second-order valence-electron chi connectivity index (χ2n) is 6.51. The van der Waals surface area contributed by atoms with E-state index < -0.39 is 11.2 Å². The third kappa shape index (κ3) is 2.91. The van der Waals surface area contributed by atoms with Gasteiger partial charge in [0, 0.05) is 15.6 Å². The van der Waals surface area contributed by atoms with Crippen LogP contribution in [0.25, 0.3) is 5.70 Å². The fourth-order valence-electron chi connectivity index (χ4n) is 3.37. The molecule has 8 heteroatoms. The zero-order chi connectivity index (χ0) is 20.6. The molecule has 0 bridgehead atoms. The maximum atomic E-state index is 12.8. The number of fused-ring (bicyclic) bond motifs is 2. The number of amidine groups is 1. The van der Waals surface area contributed by atoms with Crippen LogP contribution in [0.5, 0.6) is 0 Å². The van der Waals surface area contributed by atoms with E-state index in [9.17, 15) is 20.1 Å². The van der Waals surface area contributed by atoms with Crippen LogP contribution in [0.2, 0.25) is 0 Å². The number of ketones is 1. The lowest BCUT2D eigenvalue weighted by atomic mass is 9.81.